The zero-order valence-electron chi connectivity index (χ0n) is 13.9. The standard InChI is InChI=1S/C18H18ClNO6/c1-9-6-15-14(26-15)5-3-2-4-10(20-24)7-11-16(18(23)25-9)12(21)8-13(22)17(11)19/h2-5,8-9,14-15,21-22,24H,6-7H2,1H3. The first-order valence-electron chi connectivity index (χ1n) is 8.06. The topological polar surface area (TPSA) is 112 Å². The first-order chi connectivity index (χ1) is 12.4. The van der Waals surface area contributed by atoms with Gasteiger partial charge in [-0.15, -0.1) is 0 Å². The number of esters is 1. The van der Waals surface area contributed by atoms with Crippen molar-refractivity contribution in [2.75, 3.05) is 0 Å². The van der Waals surface area contributed by atoms with Crippen LogP contribution in [0.2, 0.25) is 5.02 Å². The SMILES string of the molecule is CC1CC2OC2C=CC=CC(=NO)Cc2c(Cl)c(O)cc(O)c2C(=O)O1. The number of carbonyl (C=O) groups excluding carboxylic acids is 1. The van der Waals surface area contributed by atoms with Gasteiger partial charge in [0.05, 0.1) is 16.8 Å². The molecule has 0 aliphatic carbocycles. The van der Waals surface area contributed by atoms with Crippen molar-refractivity contribution in [1.82, 2.24) is 0 Å². The summed E-state index contributed by atoms with van der Waals surface area (Å²) in [6.07, 6.45) is 6.68. The van der Waals surface area contributed by atoms with E-state index >= 15 is 0 Å². The second-order valence-electron chi connectivity index (χ2n) is 6.19. The van der Waals surface area contributed by atoms with Gasteiger partial charge in [0.25, 0.3) is 0 Å². The fourth-order valence-corrected chi connectivity index (χ4v) is 3.07. The van der Waals surface area contributed by atoms with Gasteiger partial charge in [0.2, 0.25) is 0 Å². The van der Waals surface area contributed by atoms with Crippen LogP contribution >= 0.6 is 11.6 Å². The first kappa shape index (κ1) is 18.3. The number of hydrogen-bond donors (Lipinski definition) is 3. The molecule has 8 heteroatoms. The lowest BCUT2D eigenvalue weighted by molar-refractivity contribution is 0.0306. The first-order valence-corrected chi connectivity index (χ1v) is 8.44. The number of allylic oxidation sites excluding steroid dienone is 3. The van der Waals surface area contributed by atoms with Crippen molar-refractivity contribution in [2.24, 2.45) is 5.16 Å². The Balaban J connectivity index is 2.05. The molecule has 1 aromatic rings. The van der Waals surface area contributed by atoms with Gasteiger partial charge in [-0.3, -0.25) is 0 Å². The summed E-state index contributed by atoms with van der Waals surface area (Å²) in [5, 5.41) is 32.3. The van der Waals surface area contributed by atoms with E-state index in [9.17, 15) is 20.2 Å². The molecule has 138 valence electrons. The number of epoxide rings is 1. The van der Waals surface area contributed by atoms with E-state index in [1.165, 1.54) is 6.08 Å². The van der Waals surface area contributed by atoms with E-state index < -0.39 is 17.8 Å². The predicted molar refractivity (Wildman–Crippen MR) is 94.1 cm³/mol. The Morgan fingerprint density at radius 1 is 1.27 bits per heavy atom. The van der Waals surface area contributed by atoms with Gasteiger partial charge >= 0.3 is 5.97 Å². The summed E-state index contributed by atoms with van der Waals surface area (Å²) < 4.78 is 10.9. The maximum absolute atomic E-state index is 12.6. The predicted octanol–water partition coefficient (Wildman–Crippen LogP) is 2.95. The molecule has 1 aromatic carbocycles. The van der Waals surface area contributed by atoms with Crippen molar-refractivity contribution in [3.63, 3.8) is 0 Å². The Labute approximate surface area is 154 Å². The van der Waals surface area contributed by atoms with Crippen LogP contribution in [-0.4, -0.2) is 45.4 Å². The maximum atomic E-state index is 12.6. The summed E-state index contributed by atoms with van der Waals surface area (Å²) in [5.41, 5.74) is 0.115. The van der Waals surface area contributed by atoms with Gasteiger partial charge in [-0.1, -0.05) is 35.0 Å². The number of rotatable bonds is 0. The molecule has 26 heavy (non-hydrogen) atoms. The van der Waals surface area contributed by atoms with E-state index in [0.717, 1.165) is 6.07 Å². The number of benzene rings is 1. The fourth-order valence-electron chi connectivity index (χ4n) is 2.86. The molecule has 3 rings (SSSR count). The molecule has 3 atom stereocenters. The summed E-state index contributed by atoms with van der Waals surface area (Å²) in [5.74, 6) is -1.63. The van der Waals surface area contributed by atoms with Gasteiger partial charge < -0.3 is 24.9 Å². The van der Waals surface area contributed by atoms with Gasteiger partial charge in [-0.2, -0.15) is 0 Å². The Kier molecular flexibility index (Phi) is 5.20. The summed E-state index contributed by atoms with van der Waals surface area (Å²) in [6.45, 7) is 1.73. The van der Waals surface area contributed by atoms with Crippen LogP contribution in [0, 0.1) is 0 Å². The quantitative estimate of drug-likeness (QED) is 0.276. The van der Waals surface area contributed by atoms with E-state index in [0.29, 0.717) is 6.42 Å². The number of cyclic esters (lactones) is 1. The van der Waals surface area contributed by atoms with Crippen LogP contribution in [0.4, 0.5) is 0 Å². The number of ether oxygens (including phenoxy) is 2. The zero-order chi connectivity index (χ0) is 18.8. The minimum Gasteiger partial charge on any atom is -0.507 e. The highest BCUT2D eigenvalue weighted by Gasteiger charge is 2.38. The molecule has 0 radical (unpaired) electrons. The molecule has 0 saturated carbocycles. The maximum Gasteiger partial charge on any atom is 0.342 e. The van der Waals surface area contributed by atoms with Crippen molar-refractivity contribution in [3.05, 3.63) is 46.5 Å². The molecule has 0 bridgehead atoms. The lowest BCUT2D eigenvalue weighted by Crippen LogP contribution is -2.19. The summed E-state index contributed by atoms with van der Waals surface area (Å²) in [7, 11) is 0. The van der Waals surface area contributed by atoms with Crippen LogP contribution < -0.4 is 0 Å². The zero-order valence-corrected chi connectivity index (χ0v) is 14.7. The second-order valence-corrected chi connectivity index (χ2v) is 6.56. The highest BCUT2D eigenvalue weighted by atomic mass is 35.5. The molecule has 0 spiro atoms. The van der Waals surface area contributed by atoms with Gasteiger partial charge in [0, 0.05) is 18.9 Å². The number of phenols is 2. The minimum atomic E-state index is -0.780. The van der Waals surface area contributed by atoms with Crippen LogP contribution in [0.3, 0.4) is 0 Å². The number of carbonyl (C=O) groups is 1. The minimum absolute atomic E-state index is 0.0483. The molecule has 3 N–H and O–H groups in total. The van der Waals surface area contributed by atoms with Crippen molar-refractivity contribution in [1.29, 1.82) is 0 Å². The molecule has 1 fully saturated rings. The van der Waals surface area contributed by atoms with E-state index in [1.807, 2.05) is 6.08 Å². The number of oxime groups is 1. The molecule has 3 unspecified atom stereocenters. The van der Waals surface area contributed by atoms with Crippen LogP contribution in [0.15, 0.2) is 35.5 Å². The number of halogens is 1. The third-order valence-corrected chi connectivity index (χ3v) is 4.63. The largest absolute Gasteiger partial charge is 0.507 e. The average Bonchev–Trinajstić information content (AvgIpc) is 3.31. The Hall–Kier alpha value is -2.51. The molecular weight excluding hydrogens is 362 g/mol. The lowest BCUT2D eigenvalue weighted by Gasteiger charge is -2.17. The molecule has 7 nitrogen and oxygen atoms in total. The van der Waals surface area contributed by atoms with Gasteiger partial charge in [-0.25, -0.2) is 4.79 Å². The number of nitrogens with zero attached hydrogens (tertiary/aromatic N) is 1. The Morgan fingerprint density at radius 3 is 2.77 bits per heavy atom. The Bertz CT molecular complexity index is 816. The van der Waals surface area contributed by atoms with Crippen molar-refractivity contribution in [2.45, 2.75) is 38.1 Å². The highest BCUT2D eigenvalue weighted by Crippen LogP contribution is 2.37. The van der Waals surface area contributed by atoms with Gasteiger partial charge in [0.1, 0.15) is 29.3 Å². The monoisotopic (exact) mass is 379 g/mol. The second kappa shape index (κ2) is 7.39. The smallest absolute Gasteiger partial charge is 0.342 e. The van der Waals surface area contributed by atoms with Crippen molar-refractivity contribution < 1.29 is 29.7 Å². The van der Waals surface area contributed by atoms with Crippen LogP contribution in [0.25, 0.3) is 0 Å². The Morgan fingerprint density at radius 2 is 2.04 bits per heavy atom. The highest BCUT2D eigenvalue weighted by molar-refractivity contribution is 6.33. The average molecular weight is 380 g/mol. The van der Waals surface area contributed by atoms with E-state index in [1.54, 1.807) is 19.1 Å². The van der Waals surface area contributed by atoms with Crippen LogP contribution in [0.1, 0.15) is 29.3 Å². The van der Waals surface area contributed by atoms with Gasteiger partial charge in [-0.05, 0) is 18.6 Å². The molecular formula is C18H18ClNO6. The van der Waals surface area contributed by atoms with Crippen LogP contribution in [-0.2, 0) is 15.9 Å². The molecule has 2 aliphatic heterocycles. The molecule has 2 aliphatic rings. The summed E-state index contributed by atoms with van der Waals surface area (Å²) in [4.78, 5) is 12.6. The van der Waals surface area contributed by atoms with E-state index in [-0.39, 0.29) is 46.2 Å². The molecule has 2 heterocycles. The fraction of sp³-hybridized carbons (Fsp3) is 0.333. The number of fused-ring (bicyclic) bond motifs is 2. The van der Waals surface area contributed by atoms with Gasteiger partial charge in [0.15, 0.2) is 0 Å². The number of phenolic OH excluding ortho intramolecular Hbond substituents is 2. The van der Waals surface area contributed by atoms with E-state index in [2.05, 4.69) is 5.16 Å². The van der Waals surface area contributed by atoms with Crippen molar-refractivity contribution in [3.8, 4) is 11.5 Å². The lowest BCUT2D eigenvalue weighted by atomic mass is 9.99. The molecule has 1 saturated heterocycles. The molecule has 0 amide bonds. The number of hydrogen-bond acceptors (Lipinski definition) is 7. The molecule has 0 aromatic heterocycles. The van der Waals surface area contributed by atoms with Crippen molar-refractivity contribution >= 4 is 23.3 Å². The summed E-state index contributed by atoms with van der Waals surface area (Å²) >= 11 is 6.12. The normalized spacial score (nSPS) is 27.4. The summed E-state index contributed by atoms with van der Waals surface area (Å²) in [6, 6.07) is 0.977. The van der Waals surface area contributed by atoms with Crippen LogP contribution in [0.5, 0.6) is 11.5 Å². The van der Waals surface area contributed by atoms with E-state index in [4.69, 9.17) is 21.1 Å². The third kappa shape index (κ3) is 3.84. The third-order valence-electron chi connectivity index (χ3n) is 4.21. The number of aromatic hydroxyl groups is 2.